The molecule has 3 aliphatic heterocycles. The van der Waals surface area contributed by atoms with Gasteiger partial charge in [-0.1, -0.05) is 36.8 Å². The number of imide groups is 1. The van der Waals surface area contributed by atoms with Gasteiger partial charge in [0, 0.05) is 25.8 Å². The van der Waals surface area contributed by atoms with Gasteiger partial charge in [0.05, 0.1) is 13.2 Å². The highest BCUT2D eigenvalue weighted by atomic mass is 16.5. The molecule has 3 fully saturated rings. The molecule has 34 heavy (non-hydrogen) atoms. The second-order valence-electron chi connectivity index (χ2n) is 9.61. The molecule has 8 heteroatoms. The van der Waals surface area contributed by atoms with Crippen LogP contribution in [0.2, 0.25) is 0 Å². The number of aryl methyl sites for hydroxylation is 1. The van der Waals surface area contributed by atoms with Gasteiger partial charge >= 0.3 is 6.03 Å². The van der Waals surface area contributed by atoms with Gasteiger partial charge in [-0.15, -0.1) is 0 Å². The molecule has 0 spiro atoms. The van der Waals surface area contributed by atoms with E-state index in [4.69, 9.17) is 4.74 Å². The van der Waals surface area contributed by atoms with E-state index in [-0.39, 0.29) is 30.9 Å². The third-order valence-electron chi connectivity index (χ3n) is 7.03. The number of nitrogens with one attached hydrogen (secondary N) is 1. The molecule has 180 valence electrons. The number of fused-ring (bicyclic) bond motifs is 3. The summed E-state index contributed by atoms with van der Waals surface area (Å²) in [6, 6.07) is 15.4. The first-order chi connectivity index (χ1) is 16.4. The number of likely N-dealkylation sites (N-methyl/N-ethyl adjacent to an activating group) is 1. The summed E-state index contributed by atoms with van der Waals surface area (Å²) in [5, 5.41) is 3.58. The molecule has 4 unspecified atom stereocenters. The largest absolute Gasteiger partial charge is 0.494 e. The van der Waals surface area contributed by atoms with E-state index in [1.807, 2.05) is 50.2 Å². The number of hydrogen-bond donors (Lipinski definition) is 1. The van der Waals surface area contributed by atoms with Crippen molar-refractivity contribution in [1.29, 1.82) is 0 Å². The predicted octanol–water partition coefficient (Wildman–Crippen LogP) is 2.83. The first-order valence-electron chi connectivity index (χ1n) is 12.0. The van der Waals surface area contributed by atoms with Gasteiger partial charge in [0.15, 0.2) is 0 Å². The minimum Gasteiger partial charge on any atom is -0.494 e. The first-order valence-corrected chi connectivity index (χ1v) is 12.0. The molecule has 3 amide bonds. The van der Waals surface area contributed by atoms with E-state index in [9.17, 15) is 9.59 Å². The minimum atomic E-state index is -0.425. The standard InChI is InChI=1S/C26H33N5O3/c1-5-34-21-12-10-20(11-13-21)29-14-18(3)15-30-22-23(27-25(29)30)28(4)26(33)31(24(22)32)16-19-8-6-17(2)7-9-19/h6-13,18,22-23,25,27H,5,14-16H2,1-4H3. The van der Waals surface area contributed by atoms with Crippen LogP contribution in [0.1, 0.15) is 25.0 Å². The maximum absolute atomic E-state index is 13.7. The molecule has 3 saturated heterocycles. The Kier molecular flexibility index (Phi) is 5.95. The Morgan fingerprint density at radius 3 is 2.41 bits per heavy atom. The van der Waals surface area contributed by atoms with Crippen molar-refractivity contribution < 1.29 is 14.3 Å². The summed E-state index contributed by atoms with van der Waals surface area (Å²) < 4.78 is 5.60. The van der Waals surface area contributed by atoms with Crippen molar-refractivity contribution in [3.63, 3.8) is 0 Å². The van der Waals surface area contributed by atoms with Crippen LogP contribution >= 0.6 is 0 Å². The van der Waals surface area contributed by atoms with E-state index in [1.54, 1.807) is 11.9 Å². The maximum Gasteiger partial charge on any atom is 0.328 e. The van der Waals surface area contributed by atoms with Crippen LogP contribution in [0.25, 0.3) is 0 Å². The van der Waals surface area contributed by atoms with E-state index in [2.05, 4.69) is 34.2 Å². The fourth-order valence-corrected chi connectivity index (χ4v) is 5.34. The van der Waals surface area contributed by atoms with Crippen LogP contribution in [-0.2, 0) is 11.3 Å². The van der Waals surface area contributed by atoms with E-state index < -0.39 is 6.04 Å². The number of carbonyl (C=O) groups excluding carboxylic acids is 2. The molecular formula is C26H33N5O3. The summed E-state index contributed by atoms with van der Waals surface area (Å²) in [6.45, 7) is 8.76. The van der Waals surface area contributed by atoms with Crippen molar-refractivity contribution in [2.24, 2.45) is 5.92 Å². The molecule has 0 saturated carbocycles. The Morgan fingerprint density at radius 2 is 1.74 bits per heavy atom. The summed E-state index contributed by atoms with van der Waals surface area (Å²) in [7, 11) is 1.78. The lowest BCUT2D eigenvalue weighted by molar-refractivity contribution is -0.139. The predicted molar refractivity (Wildman–Crippen MR) is 130 cm³/mol. The zero-order valence-corrected chi connectivity index (χ0v) is 20.3. The molecule has 8 nitrogen and oxygen atoms in total. The van der Waals surface area contributed by atoms with Crippen molar-refractivity contribution in [2.75, 3.05) is 31.6 Å². The van der Waals surface area contributed by atoms with Gasteiger partial charge in [0.2, 0.25) is 0 Å². The lowest BCUT2D eigenvalue weighted by atomic mass is 10.0. The Balaban J connectivity index is 1.42. The Hall–Kier alpha value is -3.10. The fourth-order valence-electron chi connectivity index (χ4n) is 5.34. The average molecular weight is 464 g/mol. The van der Waals surface area contributed by atoms with Crippen LogP contribution in [0.15, 0.2) is 48.5 Å². The molecule has 5 rings (SSSR count). The van der Waals surface area contributed by atoms with Crippen LogP contribution in [0.3, 0.4) is 0 Å². The zero-order chi connectivity index (χ0) is 24.0. The fraction of sp³-hybridized carbons (Fsp3) is 0.462. The van der Waals surface area contributed by atoms with Crippen LogP contribution in [-0.4, -0.2) is 71.9 Å². The summed E-state index contributed by atoms with van der Waals surface area (Å²) >= 11 is 0. The number of hydrogen-bond acceptors (Lipinski definition) is 6. The molecule has 0 bridgehead atoms. The maximum atomic E-state index is 13.7. The molecule has 0 aromatic heterocycles. The minimum absolute atomic E-state index is 0.135. The number of nitrogens with zero attached hydrogens (tertiary/aromatic N) is 4. The van der Waals surface area contributed by atoms with Gasteiger partial charge in [-0.25, -0.2) is 4.79 Å². The van der Waals surface area contributed by atoms with Gasteiger partial charge < -0.3 is 14.5 Å². The molecule has 2 aromatic rings. The van der Waals surface area contributed by atoms with Crippen LogP contribution in [0.5, 0.6) is 5.75 Å². The number of benzene rings is 2. The van der Waals surface area contributed by atoms with Crippen molar-refractivity contribution in [1.82, 2.24) is 20.0 Å². The molecule has 2 aromatic carbocycles. The third-order valence-corrected chi connectivity index (χ3v) is 7.03. The molecule has 4 atom stereocenters. The van der Waals surface area contributed by atoms with E-state index in [0.717, 1.165) is 35.7 Å². The molecule has 1 N–H and O–H groups in total. The normalized spacial score (nSPS) is 27.1. The highest BCUT2D eigenvalue weighted by Crippen LogP contribution is 2.35. The second-order valence-corrected chi connectivity index (χ2v) is 9.61. The van der Waals surface area contributed by atoms with E-state index in [0.29, 0.717) is 12.5 Å². The lowest BCUT2D eigenvalue weighted by Crippen LogP contribution is -2.66. The summed E-state index contributed by atoms with van der Waals surface area (Å²) in [6.07, 6.45) is -0.530. The molecule has 0 radical (unpaired) electrons. The number of ether oxygens (including phenoxy) is 1. The molecule has 3 aliphatic rings. The smallest absolute Gasteiger partial charge is 0.328 e. The van der Waals surface area contributed by atoms with Gasteiger partial charge in [-0.2, -0.15) is 0 Å². The number of amides is 3. The quantitative estimate of drug-likeness (QED) is 0.736. The monoisotopic (exact) mass is 463 g/mol. The number of rotatable bonds is 5. The highest BCUT2D eigenvalue weighted by molar-refractivity contribution is 6.00. The third kappa shape index (κ3) is 3.91. The number of carbonyl (C=O) groups is 2. The number of urea groups is 1. The van der Waals surface area contributed by atoms with Crippen LogP contribution in [0.4, 0.5) is 10.5 Å². The van der Waals surface area contributed by atoms with Crippen molar-refractivity contribution in [3.05, 3.63) is 59.7 Å². The zero-order valence-electron chi connectivity index (χ0n) is 20.3. The average Bonchev–Trinajstić information content (AvgIpc) is 3.21. The van der Waals surface area contributed by atoms with Crippen molar-refractivity contribution >= 4 is 17.6 Å². The summed E-state index contributed by atoms with van der Waals surface area (Å²) in [4.78, 5) is 34.5. The highest BCUT2D eigenvalue weighted by Gasteiger charge is 2.56. The molecule has 3 heterocycles. The van der Waals surface area contributed by atoms with Gasteiger partial charge in [0.25, 0.3) is 5.91 Å². The van der Waals surface area contributed by atoms with Crippen LogP contribution < -0.4 is 15.0 Å². The van der Waals surface area contributed by atoms with Crippen LogP contribution in [0, 0.1) is 12.8 Å². The van der Waals surface area contributed by atoms with E-state index >= 15 is 0 Å². The first kappa shape index (κ1) is 22.7. The van der Waals surface area contributed by atoms with Crippen molar-refractivity contribution in [2.45, 2.75) is 45.8 Å². The van der Waals surface area contributed by atoms with Gasteiger partial charge in [-0.3, -0.25) is 19.9 Å². The van der Waals surface area contributed by atoms with Gasteiger partial charge in [0.1, 0.15) is 24.2 Å². The second kappa shape index (κ2) is 8.92. The Labute approximate surface area is 201 Å². The Bertz CT molecular complexity index is 1060. The van der Waals surface area contributed by atoms with E-state index in [1.165, 1.54) is 4.90 Å². The number of anilines is 1. The lowest BCUT2D eigenvalue weighted by Gasteiger charge is -2.46. The topological polar surface area (TPSA) is 68.4 Å². The molecular weight excluding hydrogens is 430 g/mol. The summed E-state index contributed by atoms with van der Waals surface area (Å²) in [5.74, 6) is 1.07. The molecule has 0 aliphatic carbocycles. The van der Waals surface area contributed by atoms with Crippen molar-refractivity contribution in [3.8, 4) is 5.75 Å². The van der Waals surface area contributed by atoms with Gasteiger partial charge in [-0.05, 0) is 49.6 Å². The Morgan fingerprint density at radius 1 is 1.03 bits per heavy atom. The summed E-state index contributed by atoms with van der Waals surface area (Å²) in [5.41, 5.74) is 3.16. The SMILES string of the molecule is CCOc1ccc(N2CC(C)CN3C4C(=O)N(Cc5ccc(C)cc5)C(=O)N(C)C4NC23)cc1.